The van der Waals surface area contributed by atoms with Crippen LogP contribution in [0.1, 0.15) is 11.5 Å². The first kappa shape index (κ1) is 16.9. The summed E-state index contributed by atoms with van der Waals surface area (Å²) in [6.07, 6.45) is 1.37. The summed E-state index contributed by atoms with van der Waals surface area (Å²) in [6.45, 7) is 1.87. The van der Waals surface area contributed by atoms with E-state index in [1.807, 2.05) is 32.2 Å². The number of hydrogen-bond donors (Lipinski definition) is 1. The van der Waals surface area contributed by atoms with Crippen LogP contribution < -0.4 is 5.56 Å². The van der Waals surface area contributed by atoms with Crippen molar-refractivity contribution in [1.82, 2.24) is 24.5 Å². The molecule has 26 heavy (non-hydrogen) atoms. The van der Waals surface area contributed by atoms with Crippen LogP contribution in [0.4, 0.5) is 0 Å². The van der Waals surface area contributed by atoms with E-state index in [4.69, 9.17) is 16.0 Å². The maximum absolute atomic E-state index is 11.8. The lowest BCUT2D eigenvalue weighted by molar-refractivity contribution is 0.540. The van der Waals surface area contributed by atoms with Crippen molar-refractivity contribution >= 4 is 34.5 Å². The zero-order valence-electron chi connectivity index (χ0n) is 14.0. The average Bonchev–Trinajstić information content (AvgIpc) is 3.15. The van der Waals surface area contributed by atoms with E-state index in [1.165, 1.54) is 18.1 Å². The van der Waals surface area contributed by atoms with Gasteiger partial charge in [-0.1, -0.05) is 35.5 Å². The van der Waals surface area contributed by atoms with Gasteiger partial charge < -0.3 is 14.0 Å². The smallest absolute Gasteiger partial charge is 0.278 e. The summed E-state index contributed by atoms with van der Waals surface area (Å²) in [5, 5.41) is 1.28. The molecule has 4 aromatic rings. The minimum atomic E-state index is -0.254. The fourth-order valence-electron chi connectivity index (χ4n) is 2.56. The average molecular weight is 388 g/mol. The van der Waals surface area contributed by atoms with Crippen molar-refractivity contribution in [3.63, 3.8) is 0 Å². The summed E-state index contributed by atoms with van der Waals surface area (Å²) in [5.41, 5.74) is 2.18. The SMILES string of the molecule is Cc1oc(-c2ccccc2Cl)nc1CSc1nc2c(=O)[nH]cnc2n1C. The van der Waals surface area contributed by atoms with Crippen LogP contribution in [-0.4, -0.2) is 24.5 Å². The van der Waals surface area contributed by atoms with Gasteiger partial charge in [-0.15, -0.1) is 0 Å². The highest BCUT2D eigenvalue weighted by atomic mass is 35.5. The largest absolute Gasteiger partial charge is 0.441 e. The number of nitrogens with one attached hydrogen (secondary N) is 1. The number of aromatic amines is 1. The molecule has 0 amide bonds. The van der Waals surface area contributed by atoms with E-state index in [1.54, 1.807) is 10.6 Å². The number of oxazole rings is 1. The molecule has 0 aliphatic heterocycles. The maximum Gasteiger partial charge on any atom is 0.278 e. The van der Waals surface area contributed by atoms with Crippen molar-refractivity contribution in [2.75, 3.05) is 0 Å². The first-order chi connectivity index (χ1) is 12.5. The second-order valence-corrected chi connectivity index (χ2v) is 7.00. The van der Waals surface area contributed by atoms with Gasteiger partial charge in [0.1, 0.15) is 5.76 Å². The third-order valence-electron chi connectivity index (χ3n) is 3.96. The molecule has 0 aliphatic carbocycles. The molecule has 132 valence electrons. The van der Waals surface area contributed by atoms with Crippen molar-refractivity contribution in [3.05, 3.63) is 57.4 Å². The molecule has 1 aromatic carbocycles. The zero-order valence-corrected chi connectivity index (χ0v) is 15.6. The Kier molecular flexibility index (Phi) is 4.29. The quantitative estimate of drug-likeness (QED) is 0.538. The lowest BCUT2D eigenvalue weighted by Gasteiger charge is -2.00. The topological polar surface area (TPSA) is 89.6 Å². The van der Waals surface area contributed by atoms with Gasteiger partial charge in [0.25, 0.3) is 5.56 Å². The monoisotopic (exact) mass is 387 g/mol. The molecule has 0 saturated carbocycles. The standard InChI is InChI=1S/C17H14ClN5O2S/c1-9-12(21-16(25-9)10-5-3-4-6-11(10)18)7-26-17-22-13-14(23(17)2)19-8-20-15(13)24/h3-6,8H,7H2,1-2H3,(H,19,20,24). The fourth-order valence-corrected chi connectivity index (χ4v) is 3.75. The number of imidazole rings is 1. The first-order valence-corrected chi connectivity index (χ1v) is 9.15. The molecule has 0 radical (unpaired) electrons. The van der Waals surface area contributed by atoms with E-state index in [-0.39, 0.29) is 5.56 Å². The van der Waals surface area contributed by atoms with Crippen LogP contribution in [0.5, 0.6) is 0 Å². The van der Waals surface area contributed by atoms with Crippen molar-refractivity contribution in [2.45, 2.75) is 17.8 Å². The Morgan fingerprint density at radius 2 is 2.12 bits per heavy atom. The van der Waals surface area contributed by atoms with Crippen LogP contribution in [0, 0.1) is 6.92 Å². The molecule has 9 heteroatoms. The van der Waals surface area contributed by atoms with Crippen molar-refractivity contribution in [3.8, 4) is 11.5 Å². The first-order valence-electron chi connectivity index (χ1n) is 7.78. The van der Waals surface area contributed by atoms with Gasteiger partial charge in [0.2, 0.25) is 5.89 Å². The molecule has 0 saturated heterocycles. The van der Waals surface area contributed by atoms with Crippen molar-refractivity contribution in [2.24, 2.45) is 7.05 Å². The summed E-state index contributed by atoms with van der Waals surface area (Å²) in [5.74, 6) is 1.77. The van der Waals surface area contributed by atoms with Gasteiger partial charge in [-0.3, -0.25) is 4.79 Å². The maximum atomic E-state index is 11.8. The molecule has 7 nitrogen and oxygen atoms in total. The van der Waals surface area contributed by atoms with Crippen LogP contribution in [0.25, 0.3) is 22.6 Å². The molecule has 0 bridgehead atoms. The molecule has 1 N–H and O–H groups in total. The molecule has 3 aromatic heterocycles. The van der Waals surface area contributed by atoms with Gasteiger partial charge in [0.15, 0.2) is 16.3 Å². The van der Waals surface area contributed by atoms with E-state index >= 15 is 0 Å². The molecule has 0 atom stereocenters. The Balaban J connectivity index is 1.61. The Morgan fingerprint density at radius 3 is 2.88 bits per heavy atom. The highest BCUT2D eigenvalue weighted by Gasteiger charge is 2.16. The number of nitrogens with zero attached hydrogens (tertiary/aromatic N) is 4. The number of aromatic nitrogens is 5. The van der Waals surface area contributed by atoms with Crippen LogP contribution in [0.2, 0.25) is 5.02 Å². The van der Waals surface area contributed by atoms with Gasteiger partial charge in [-0.2, -0.15) is 0 Å². The number of fused-ring (bicyclic) bond motifs is 1. The van der Waals surface area contributed by atoms with Gasteiger partial charge in [-0.05, 0) is 19.1 Å². The van der Waals surface area contributed by atoms with Crippen LogP contribution >= 0.6 is 23.4 Å². The fraction of sp³-hybridized carbons (Fsp3) is 0.176. The third-order valence-corrected chi connectivity index (χ3v) is 5.33. The minimum Gasteiger partial charge on any atom is -0.441 e. The molecule has 0 unspecified atom stereocenters. The molecular formula is C17H14ClN5O2S. The number of aryl methyl sites for hydroxylation is 2. The Hall–Kier alpha value is -2.58. The van der Waals surface area contributed by atoms with E-state index in [0.717, 1.165) is 17.0 Å². The van der Waals surface area contributed by atoms with Crippen LogP contribution in [0.3, 0.4) is 0 Å². The molecule has 4 rings (SSSR count). The van der Waals surface area contributed by atoms with Gasteiger partial charge in [-0.25, -0.2) is 15.0 Å². The molecular weight excluding hydrogens is 374 g/mol. The summed E-state index contributed by atoms with van der Waals surface area (Å²) in [4.78, 5) is 27.5. The van der Waals surface area contributed by atoms with E-state index in [0.29, 0.717) is 33.0 Å². The molecule has 3 heterocycles. The molecule has 0 fully saturated rings. The predicted molar refractivity (Wildman–Crippen MR) is 100 cm³/mol. The highest BCUT2D eigenvalue weighted by molar-refractivity contribution is 7.98. The second kappa shape index (κ2) is 6.62. The van der Waals surface area contributed by atoms with E-state index in [9.17, 15) is 4.79 Å². The lowest BCUT2D eigenvalue weighted by atomic mass is 10.2. The van der Waals surface area contributed by atoms with Gasteiger partial charge >= 0.3 is 0 Å². The summed E-state index contributed by atoms with van der Waals surface area (Å²) < 4.78 is 7.57. The zero-order chi connectivity index (χ0) is 18.3. The Morgan fingerprint density at radius 1 is 1.31 bits per heavy atom. The number of benzene rings is 1. The van der Waals surface area contributed by atoms with Crippen molar-refractivity contribution < 1.29 is 4.42 Å². The summed E-state index contributed by atoms with van der Waals surface area (Å²) >= 11 is 7.68. The summed E-state index contributed by atoms with van der Waals surface area (Å²) in [7, 11) is 1.83. The lowest BCUT2D eigenvalue weighted by Crippen LogP contribution is -2.06. The summed E-state index contributed by atoms with van der Waals surface area (Å²) in [6, 6.07) is 7.42. The molecule has 0 spiro atoms. The third kappa shape index (κ3) is 2.91. The number of hydrogen-bond acceptors (Lipinski definition) is 6. The Bertz CT molecular complexity index is 1160. The number of rotatable bonds is 4. The van der Waals surface area contributed by atoms with Crippen LogP contribution in [0.15, 0.2) is 45.0 Å². The van der Waals surface area contributed by atoms with Gasteiger partial charge in [0, 0.05) is 12.8 Å². The second-order valence-electron chi connectivity index (χ2n) is 5.65. The van der Waals surface area contributed by atoms with Gasteiger partial charge in [0.05, 0.1) is 22.6 Å². The predicted octanol–water partition coefficient (Wildman–Crippen LogP) is 3.57. The van der Waals surface area contributed by atoms with E-state index < -0.39 is 0 Å². The van der Waals surface area contributed by atoms with Crippen LogP contribution in [-0.2, 0) is 12.8 Å². The molecule has 0 aliphatic rings. The number of halogens is 1. The highest BCUT2D eigenvalue weighted by Crippen LogP contribution is 2.31. The van der Waals surface area contributed by atoms with Crippen molar-refractivity contribution in [1.29, 1.82) is 0 Å². The number of thioether (sulfide) groups is 1. The minimum absolute atomic E-state index is 0.254. The van der Waals surface area contributed by atoms with E-state index in [2.05, 4.69) is 19.9 Å². The normalized spacial score (nSPS) is 11.3. The Labute approximate surface area is 157 Å². The number of H-pyrrole nitrogens is 1.